The van der Waals surface area contributed by atoms with Crippen LogP contribution in [0.5, 0.6) is 0 Å². The Kier molecular flexibility index (Phi) is 3.12. The monoisotopic (exact) mass is 208 g/mol. The highest BCUT2D eigenvalue weighted by atomic mass is 16.6. The van der Waals surface area contributed by atoms with E-state index in [9.17, 15) is 14.9 Å². The quantitative estimate of drug-likeness (QED) is 0.268. The van der Waals surface area contributed by atoms with E-state index in [1.54, 1.807) is 0 Å². The van der Waals surface area contributed by atoms with Gasteiger partial charge in [-0.25, -0.2) is 0 Å². The largest absolute Gasteiger partial charge is 0.411 e. The summed E-state index contributed by atoms with van der Waals surface area (Å²) in [6.45, 7) is 1.35. The van der Waals surface area contributed by atoms with Crippen LogP contribution in [0.4, 0.5) is 5.69 Å². The van der Waals surface area contributed by atoms with Gasteiger partial charge in [-0.1, -0.05) is 5.16 Å². The molecule has 78 valence electrons. The van der Waals surface area contributed by atoms with E-state index in [4.69, 9.17) is 5.21 Å². The lowest BCUT2D eigenvalue weighted by Gasteiger charge is -1.97. The number of nitro benzene ring substituents is 1. The summed E-state index contributed by atoms with van der Waals surface area (Å²) in [6, 6.07) is 5.07. The fourth-order valence-corrected chi connectivity index (χ4v) is 0.989. The van der Waals surface area contributed by atoms with Crippen molar-refractivity contribution in [3.8, 4) is 0 Å². The van der Waals surface area contributed by atoms with E-state index in [1.165, 1.54) is 31.2 Å². The van der Waals surface area contributed by atoms with Gasteiger partial charge in [0.05, 0.1) is 4.92 Å². The molecule has 0 aromatic heterocycles. The topological polar surface area (TPSA) is 92.8 Å². The fourth-order valence-electron chi connectivity index (χ4n) is 0.989. The second-order valence-corrected chi connectivity index (χ2v) is 2.82. The number of Topliss-reactive ketones (excluding diaryl/α,β-unsaturated/α-hetero) is 1. The Labute approximate surface area is 85.0 Å². The number of rotatable bonds is 3. The Morgan fingerprint density at radius 1 is 1.40 bits per heavy atom. The van der Waals surface area contributed by atoms with Gasteiger partial charge in [0.1, 0.15) is 5.71 Å². The highest BCUT2D eigenvalue weighted by Crippen LogP contribution is 2.12. The predicted molar refractivity (Wildman–Crippen MR) is 52.3 cm³/mol. The minimum absolute atomic E-state index is 0.0659. The highest BCUT2D eigenvalue weighted by molar-refractivity contribution is 6.45. The molecule has 6 heteroatoms. The number of hydrogen-bond donors (Lipinski definition) is 1. The van der Waals surface area contributed by atoms with Crippen molar-refractivity contribution in [2.45, 2.75) is 6.92 Å². The summed E-state index contributed by atoms with van der Waals surface area (Å²) in [6.07, 6.45) is 0. The summed E-state index contributed by atoms with van der Waals surface area (Å²) >= 11 is 0. The molecule has 1 rings (SSSR count). The van der Waals surface area contributed by atoms with Gasteiger partial charge < -0.3 is 5.21 Å². The van der Waals surface area contributed by atoms with Crippen molar-refractivity contribution in [2.24, 2.45) is 5.16 Å². The summed E-state index contributed by atoms with van der Waals surface area (Å²) in [5.41, 5.74) is 0.0879. The Morgan fingerprint density at radius 3 is 2.33 bits per heavy atom. The van der Waals surface area contributed by atoms with Gasteiger partial charge in [0.2, 0.25) is 5.78 Å². The number of benzene rings is 1. The molecule has 0 heterocycles. The molecule has 0 saturated carbocycles. The number of carbonyl (C=O) groups excluding carboxylic acids is 1. The minimum atomic E-state index is -0.554. The third-order valence-corrected chi connectivity index (χ3v) is 1.82. The summed E-state index contributed by atoms with van der Waals surface area (Å²) in [4.78, 5) is 21.2. The van der Waals surface area contributed by atoms with Crippen molar-refractivity contribution in [1.29, 1.82) is 0 Å². The van der Waals surface area contributed by atoms with Crippen LogP contribution in [0.15, 0.2) is 29.4 Å². The first kappa shape index (κ1) is 10.8. The van der Waals surface area contributed by atoms with Crippen LogP contribution in [0.1, 0.15) is 17.3 Å². The minimum Gasteiger partial charge on any atom is -0.411 e. The molecule has 0 aliphatic carbocycles. The van der Waals surface area contributed by atoms with Crippen molar-refractivity contribution < 1.29 is 14.9 Å². The molecule has 0 radical (unpaired) electrons. The van der Waals surface area contributed by atoms with Crippen molar-refractivity contribution in [3.05, 3.63) is 39.9 Å². The van der Waals surface area contributed by atoms with E-state index in [2.05, 4.69) is 5.16 Å². The van der Waals surface area contributed by atoms with E-state index in [0.717, 1.165) is 0 Å². The zero-order chi connectivity index (χ0) is 11.4. The number of oxime groups is 1. The third kappa shape index (κ3) is 2.37. The van der Waals surface area contributed by atoms with Gasteiger partial charge in [0, 0.05) is 17.7 Å². The van der Waals surface area contributed by atoms with Gasteiger partial charge in [-0.15, -0.1) is 0 Å². The first-order valence-corrected chi connectivity index (χ1v) is 4.04. The molecule has 6 nitrogen and oxygen atoms in total. The zero-order valence-corrected chi connectivity index (χ0v) is 7.88. The molecule has 0 saturated heterocycles. The molecule has 0 atom stereocenters. The van der Waals surface area contributed by atoms with E-state index in [1.807, 2.05) is 0 Å². The molecule has 0 aliphatic rings. The number of nitrogens with zero attached hydrogens (tertiary/aromatic N) is 2. The molecule has 0 amide bonds. The second-order valence-electron chi connectivity index (χ2n) is 2.82. The van der Waals surface area contributed by atoms with Gasteiger partial charge in [-0.2, -0.15) is 0 Å². The van der Waals surface area contributed by atoms with Crippen molar-refractivity contribution >= 4 is 17.2 Å². The number of hydrogen-bond acceptors (Lipinski definition) is 5. The maximum atomic E-state index is 11.4. The van der Waals surface area contributed by atoms with Gasteiger partial charge in [-0.3, -0.25) is 14.9 Å². The van der Waals surface area contributed by atoms with E-state index in [-0.39, 0.29) is 17.0 Å². The number of carbonyl (C=O) groups is 1. The standard InChI is InChI=1S/C9H8N2O4/c1-6(10-13)9(12)7-2-4-8(5-3-7)11(14)15/h2-5,13H,1H3. The predicted octanol–water partition coefficient (Wildman–Crippen LogP) is 1.63. The van der Waals surface area contributed by atoms with Crippen molar-refractivity contribution in [2.75, 3.05) is 0 Å². The lowest BCUT2D eigenvalue weighted by molar-refractivity contribution is -0.384. The average molecular weight is 208 g/mol. The van der Waals surface area contributed by atoms with Gasteiger partial charge in [0.15, 0.2) is 0 Å². The lowest BCUT2D eigenvalue weighted by atomic mass is 10.1. The summed E-state index contributed by atoms with van der Waals surface area (Å²) in [5.74, 6) is -0.465. The van der Waals surface area contributed by atoms with Crippen LogP contribution in [-0.4, -0.2) is 21.6 Å². The Balaban J connectivity index is 2.99. The smallest absolute Gasteiger partial charge is 0.269 e. The normalized spacial score (nSPS) is 11.1. The maximum Gasteiger partial charge on any atom is 0.269 e. The van der Waals surface area contributed by atoms with Crippen LogP contribution in [-0.2, 0) is 0 Å². The first-order chi connectivity index (χ1) is 7.06. The first-order valence-electron chi connectivity index (χ1n) is 4.04. The molecule has 15 heavy (non-hydrogen) atoms. The Bertz CT molecular complexity index is 422. The van der Waals surface area contributed by atoms with Crippen LogP contribution in [0.2, 0.25) is 0 Å². The number of non-ortho nitro benzene ring substituents is 1. The molecule has 1 aromatic carbocycles. The zero-order valence-electron chi connectivity index (χ0n) is 7.88. The van der Waals surface area contributed by atoms with Crippen molar-refractivity contribution in [1.82, 2.24) is 0 Å². The van der Waals surface area contributed by atoms with E-state index >= 15 is 0 Å². The highest BCUT2D eigenvalue weighted by Gasteiger charge is 2.11. The summed E-state index contributed by atoms with van der Waals surface area (Å²) in [5, 5.41) is 21.5. The van der Waals surface area contributed by atoms with Gasteiger partial charge in [0.25, 0.3) is 5.69 Å². The third-order valence-electron chi connectivity index (χ3n) is 1.82. The van der Waals surface area contributed by atoms with Crippen molar-refractivity contribution in [3.63, 3.8) is 0 Å². The summed E-state index contributed by atoms with van der Waals surface area (Å²) in [7, 11) is 0. The molecule has 0 fully saturated rings. The molecule has 1 N–H and O–H groups in total. The van der Waals surface area contributed by atoms with Crippen LogP contribution in [0.25, 0.3) is 0 Å². The van der Waals surface area contributed by atoms with E-state index < -0.39 is 10.7 Å². The van der Waals surface area contributed by atoms with E-state index in [0.29, 0.717) is 0 Å². The lowest BCUT2D eigenvalue weighted by Crippen LogP contribution is -2.10. The number of nitro groups is 1. The maximum absolute atomic E-state index is 11.4. The second kappa shape index (κ2) is 4.32. The van der Waals surface area contributed by atoms with Gasteiger partial charge >= 0.3 is 0 Å². The molecule has 0 unspecified atom stereocenters. The molecule has 0 bridgehead atoms. The molecular weight excluding hydrogens is 200 g/mol. The fraction of sp³-hybridized carbons (Fsp3) is 0.111. The molecule has 1 aromatic rings. The van der Waals surface area contributed by atoms with Gasteiger partial charge in [-0.05, 0) is 19.1 Å². The van der Waals surface area contributed by atoms with Crippen LogP contribution < -0.4 is 0 Å². The average Bonchev–Trinajstić information content (AvgIpc) is 2.27. The Hall–Kier alpha value is -2.24. The Morgan fingerprint density at radius 2 is 1.93 bits per heavy atom. The summed E-state index contributed by atoms with van der Waals surface area (Å²) < 4.78 is 0. The van der Waals surface area contributed by atoms with Crippen LogP contribution >= 0.6 is 0 Å². The van der Waals surface area contributed by atoms with Crippen LogP contribution in [0, 0.1) is 10.1 Å². The molecular formula is C9H8N2O4. The molecule has 0 aliphatic heterocycles. The molecule has 0 spiro atoms. The number of ketones is 1. The van der Waals surface area contributed by atoms with Crippen LogP contribution in [0.3, 0.4) is 0 Å². The SMILES string of the molecule is CC(=NO)C(=O)c1ccc([N+](=O)[O-])cc1.